The summed E-state index contributed by atoms with van der Waals surface area (Å²) in [5, 5.41) is 6.15. The number of hydrogen-bond donors (Lipinski definition) is 2. The molecular formula is C11H20N2O. The van der Waals surface area contributed by atoms with Gasteiger partial charge in [-0.3, -0.25) is 4.79 Å². The maximum absolute atomic E-state index is 11.4. The third-order valence-electron chi connectivity index (χ3n) is 2.07. The van der Waals surface area contributed by atoms with E-state index in [0.29, 0.717) is 12.6 Å². The van der Waals surface area contributed by atoms with Crippen molar-refractivity contribution >= 4 is 5.91 Å². The van der Waals surface area contributed by atoms with E-state index < -0.39 is 0 Å². The minimum absolute atomic E-state index is 0.0735. The van der Waals surface area contributed by atoms with Crippen LogP contribution in [0.15, 0.2) is 12.2 Å². The number of hydrogen-bond acceptors (Lipinski definition) is 2. The molecule has 0 heterocycles. The molecule has 0 bridgehead atoms. The number of carbonyl (C=O) groups excluding carboxylic acids is 1. The molecule has 0 aromatic heterocycles. The normalized spacial score (nSPS) is 17.4. The lowest BCUT2D eigenvalue weighted by Gasteiger charge is -2.21. The molecule has 0 saturated heterocycles. The number of nitrogens with one attached hydrogen (secondary N) is 2. The maximum Gasteiger partial charge on any atom is 0.234 e. The van der Waals surface area contributed by atoms with Gasteiger partial charge in [0.1, 0.15) is 0 Å². The second-order valence-electron chi connectivity index (χ2n) is 4.82. The molecule has 0 saturated carbocycles. The van der Waals surface area contributed by atoms with Crippen LogP contribution in [0.3, 0.4) is 0 Å². The van der Waals surface area contributed by atoms with E-state index >= 15 is 0 Å². The van der Waals surface area contributed by atoms with E-state index in [2.05, 4.69) is 22.8 Å². The molecule has 1 aliphatic carbocycles. The highest BCUT2D eigenvalue weighted by Crippen LogP contribution is 2.08. The van der Waals surface area contributed by atoms with Crippen LogP contribution in [0.1, 0.15) is 33.6 Å². The monoisotopic (exact) mass is 196 g/mol. The SMILES string of the molecule is CC(C)(C)NC(=O)CNC1CC=CC1. The maximum atomic E-state index is 11.4. The zero-order valence-electron chi connectivity index (χ0n) is 9.26. The molecule has 1 aliphatic rings. The highest BCUT2D eigenvalue weighted by Gasteiger charge is 2.15. The molecule has 1 amide bonds. The van der Waals surface area contributed by atoms with Crippen LogP contribution >= 0.6 is 0 Å². The van der Waals surface area contributed by atoms with Crippen LogP contribution in [-0.2, 0) is 4.79 Å². The first-order chi connectivity index (χ1) is 6.47. The van der Waals surface area contributed by atoms with E-state index in [1.54, 1.807) is 0 Å². The van der Waals surface area contributed by atoms with Crippen molar-refractivity contribution in [2.75, 3.05) is 6.54 Å². The molecule has 80 valence electrons. The Balaban J connectivity index is 2.15. The largest absolute Gasteiger partial charge is 0.350 e. The molecule has 1 rings (SSSR count). The van der Waals surface area contributed by atoms with Gasteiger partial charge in [0.05, 0.1) is 6.54 Å². The molecule has 0 aromatic rings. The molecule has 3 nitrogen and oxygen atoms in total. The molecule has 2 N–H and O–H groups in total. The zero-order chi connectivity index (χ0) is 10.6. The van der Waals surface area contributed by atoms with Gasteiger partial charge in [0.2, 0.25) is 5.91 Å². The van der Waals surface area contributed by atoms with Gasteiger partial charge in [0.15, 0.2) is 0 Å². The van der Waals surface area contributed by atoms with Gasteiger partial charge >= 0.3 is 0 Å². The van der Waals surface area contributed by atoms with Gasteiger partial charge in [-0.15, -0.1) is 0 Å². The summed E-state index contributed by atoms with van der Waals surface area (Å²) in [5.74, 6) is 0.0735. The Hall–Kier alpha value is -0.830. The van der Waals surface area contributed by atoms with Crippen LogP contribution in [0.5, 0.6) is 0 Å². The van der Waals surface area contributed by atoms with Crippen LogP contribution in [0, 0.1) is 0 Å². The Morgan fingerprint density at radius 1 is 1.36 bits per heavy atom. The first-order valence-corrected chi connectivity index (χ1v) is 5.17. The molecule has 3 heteroatoms. The minimum Gasteiger partial charge on any atom is -0.350 e. The summed E-state index contributed by atoms with van der Waals surface area (Å²) < 4.78 is 0. The van der Waals surface area contributed by atoms with Gasteiger partial charge in [0, 0.05) is 11.6 Å². The van der Waals surface area contributed by atoms with E-state index in [9.17, 15) is 4.79 Å². The van der Waals surface area contributed by atoms with Crippen LogP contribution < -0.4 is 10.6 Å². The molecule has 0 aliphatic heterocycles. The number of rotatable bonds is 3. The number of carbonyl (C=O) groups is 1. The average molecular weight is 196 g/mol. The zero-order valence-corrected chi connectivity index (χ0v) is 9.26. The Labute approximate surface area is 86.0 Å². The summed E-state index contributed by atoms with van der Waals surface area (Å²) in [5.41, 5.74) is -0.132. The van der Waals surface area contributed by atoms with E-state index in [1.807, 2.05) is 20.8 Å². The fourth-order valence-electron chi connectivity index (χ4n) is 1.48. The Bertz CT molecular complexity index is 220. The second-order valence-corrected chi connectivity index (χ2v) is 4.82. The molecule has 0 atom stereocenters. The van der Waals surface area contributed by atoms with Crippen LogP contribution in [0.2, 0.25) is 0 Å². The first-order valence-electron chi connectivity index (χ1n) is 5.17. The Kier molecular flexibility index (Phi) is 3.69. The van der Waals surface area contributed by atoms with Crippen molar-refractivity contribution in [2.45, 2.75) is 45.2 Å². The topological polar surface area (TPSA) is 41.1 Å². The fraction of sp³-hybridized carbons (Fsp3) is 0.727. The molecule has 0 radical (unpaired) electrons. The predicted octanol–water partition coefficient (Wildman–Crippen LogP) is 1.21. The van der Waals surface area contributed by atoms with Crippen molar-refractivity contribution in [3.05, 3.63) is 12.2 Å². The lowest BCUT2D eigenvalue weighted by molar-refractivity contribution is -0.121. The third-order valence-corrected chi connectivity index (χ3v) is 2.07. The highest BCUT2D eigenvalue weighted by atomic mass is 16.2. The summed E-state index contributed by atoms with van der Waals surface area (Å²) in [7, 11) is 0. The summed E-state index contributed by atoms with van der Waals surface area (Å²) in [6.07, 6.45) is 6.39. The standard InChI is InChI=1S/C11H20N2O/c1-11(2,3)13-10(14)8-12-9-6-4-5-7-9/h4-5,9,12H,6-8H2,1-3H3,(H,13,14). The van der Waals surface area contributed by atoms with Gasteiger partial charge in [0.25, 0.3) is 0 Å². The predicted molar refractivity (Wildman–Crippen MR) is 58.1 cm³/mol. The molecule has 0 unspecified atom stereocenters. The van der Waals surface area contributed by atoms with Crippen LogP contribution in [0.4, 0.5) is 0 Å². The van der Waals surface area contributed by atoms with Crippen molar-refractivity contribution < 1.29 is 4.79 Å². The van der Waals surface area contributed by atoms with Crippen molar-refractivity contribution in [1.29, 1.82) is 0 Å². The smallest absolute Gasteiger partial charge is 0.234 e. The third kappa shape index (κ3) is 4.42. The van der Waals surface area contributed by atoms with E-state index in [1.165, 1.54) is 0 Å². The van der Waals surface area contributed by atoms with Crippen molar-refractivity contribution in [3.63, 3.8) is 0 Å². The molecule has 0 spiro atoms. The van der Waals surface area contributed by atoms with Gasteiger partial charge in [-0.2, -0.15) is 0 Å². The summed E-state index contributed by atoms with van der Waals surface area (Å²) >= 11 is 0. The molecule has 0 fully saturated rings. The van der Waals surface area contributed by atoms with E-state index in [-0.39, 0.29) is 11.4 Å². The van der Waals surface area contributed by atoms with Gasteiger partial charge in [-0.25, -0.2) is 0 Å². The number of amides is 1. The Morgan fingerprint density at radius 2 is 1.93 bits per heavy atom. The van der Waals surface area contributed by atoms with Gasteiger partial charge < -0.3 is 10.6 Å². The molecule has 0 aromatic carbocycles. The molecule has 14 heavy (non-hydrogen) atoms. The van der Waals surface area contributed by atoms with Crippen molar-refractivity contribution in [3.8, 4) is 0 Å². The van der Waals surface area contributed by atoms with Gasteiger partial charge in [-0.05, 0) is 33.6 Å². The van der Waals surface area contributed by atoms with E-state index in [0.717, 1.165) is 12.8 Å². The lowest BCUT2D eigenvalue weighted by atomic mass is 10.1. The highest BCUT2D eigenvalue weighted by molar-refractivity contribution is 5.78. The second kappa shape index (κ2) is 4.60. The lowest BCUT2D eigenvalue weighted by Crippen LogP contribution is -2.46. The van der Waals surface area contributed by atoms with Crippen molar-refractivity contribution in [2.24, 2.45) is 0 Å². The minimum atomic E-state index is -0.132. The molecular weight excluding hydrogens is 176 g/mol. The van der Waals surface area contributed by atoms with E-state index in [4.69, 9.17) is 0 Å². The summed E-state index contributed by atoms with van der Waals surface area (Å²) in [4.78, 5) is 11.4. The van der Waals surface area contributed by atoms with Crippen molar-refractivity contribution in [1.82, 2.24) is 10.6 Å². The average Bonchev–Trinajstić information content (AvgIpc) is 2.49. The van der Waals surface area contributed by atoms with Crippen LogP contribution in [-0.4, -0.2) is 24.0 Å². The summed E-state index contributed by atoms with van der Waals surface area (Å²) in [6, 6.07) is 0.459. The van der Waals surface area contributed by atoms with Crippen LogP contribution in [0.25, 0.3) is 0 Å². The quantitative estimate of drug-likeness (QED) is 0.666. The van der Waals surface area contributed by atoms with Gasteiger partial charge in [-0.1, -0.05) is 12.2 Å². The summed E-state index contributed by atoms with van der Waals surface area (Å²) in [6.45, 7) is 6.38. The first kappa shape index (κ1) is 11.2. The fourth-order valence-corrected chi connectivity index (χ4v) is 1.48. The Morgan fingerprint density at radius 3 is 2.43 bits per heavy atom.